The van der Waals surface area contributed by atoms with Crippen LogP contribution in [0, 0.1) is 17.0 Å². The van der Waals surface area contributed by atoms with Gasteiger partial charge in [-0.1, -0.05) is 23.8 Å². The highest BCUT2D eigenvalue weighted by atomic mass is 32.2. The zero-order valence-electron chi connectivity index (χ0n) is 17.4. The van der Waals surface area contributed by atoms with Crippen LogP contribution in [0.3, 0.4) is 0 Å². The molecule has 0 spiro atoms. The summed E-state index contributed by atoms with van der Waals surface area (Å²) in [5.41, 5.74) is 1.03. The van der Waals surface area contributed by atoms with Gasteiger partial charge in [0.1, 0.15) is 12.3 Å². The molecule has 0 fully saturated rings. The zero-order valence-corrected chi connectivity index (χ0v) is 18.2. The van der Waals surface area contributed by atoms with Crippen LogP contribution in [0.2, 0.25) is 0 Å². The summed E-state index contributed by atoms with van der Waals surface area (Å²) < 4.78 is 32.6. The second kappa shape index (κ2) is 9.48. The minimum atomic E-state index is -4.18. The Morgan fingerprint density at radius 3 is 2.31 bits per heavy atom. The summed E-state index contributed by atoms with van der Waals surface area (Å²) in [6.45, 7) is 1.24. The summed E-state index contributed by atoms with van der Waals surface area (Å²) in [4.78, 5) is 23.3. The maximum Gasteiger partial charge on any atom is 0.271 e. The molecule has 0 unspecified atom stereocenters. The number of nitrogens with one attached hydrogen (secondary N) is 1. The minimum Gasteiger partial charge on any atom is -0.497 e. The Balaban J connectivity index is 1.96. The van der Waals surface area contributed by atoms with E-state index in [2.05, 4.69) is 5.32 Å². The number of anilines is 2. The first-order valence-electron chi connectivity index (χ1n) is 9.48. The molecule has 0 saturated carbocycles. The fourth-order valence-electron chi connectivity index (χ4n) is 2.92. The number of ether oxygens (including phenoxy) is 1. The van der Waals surface area contributed by atoms with Crippen molar-refractivity contribution in [1.82, 2.24) is 0 Å². The topological polar surface area (TPSA) is 119 Å². The third-order valence-corrected chi connectivity index (χ3v) is 6.39. The highest BCUT2D eigenvalue weighted by Gasteiger charge is 2.28. The standard InChI is InChI=1S/C22H21N3O6S/c1-16-6-12-21(13-7-16)32(29,30)24(18-4-3-5-19(14-18)25(27)28)15-22(26)23-17-8-10-20(31-2)11-9-17/h3-14H,15H2,1-2H3,(H,23,26). The monoisotopic (exact) mass is 455 g/mol. The van der Waals surface area contributed by atoms with Crippen molar-refractivity contribution in [3.63, 3.8) is 0 Å². The number of rotatable bonds is 8. The average molecular weight is 455 g/mol. The molecule has 0 aliphatic heterocycles. The lowest BCUT2D eigenvalue weighted by molar-refractivity contribution is -0.384. The molecule has 3 aromatic rings. The van der Waals surface area contributed by atoms with Gasteiger partial charge in [0, 0.05) is 17.8 Å². The van der Waals surface area contributed by atoms with Crippen LogP contribution in [-0.4, -0.2) is 32.9 Å². The van der Waals surface area contributed by atoms with Crippen molar-refractivity contribution < 1.29 is 22.9 Å². The lowest BCUT2D eigenvalue weighted by Crippen LogP contribution is -2.38. The fraction of sp³-hybridized carbons (Fsp3) is 0.136. The number of aryl methyl sites for hydroxylation is 1. The van der Waals surface area contributed by atoms with Crippen LogP contribution in [0.15, 0.2) is 77.7 Å². The van der Waals surface area contributed by atoms with Crippen LogP contribution in [-0.2, 0) is 14.8 Å². The van der Waals surface area contributed by atoms with Crippen LogP contribution in [0.4, 0.5) is 17.1 Å². The van der Waals surface area contributed by atoms with Gasteiger partial charge in [0.15, 0.2) is 0 Å². The number of nitrogens with zero attached hydrogens (tertiary/aromatic N) is 2. The van der Waals surface area contributed by atoms with E-state index in [1.54, 1.807) is 36.4 Å². The number of non-ortho nitro benzene ring substituents is 1. The second-order valence-corrected chi connectivity index (χ2v) is 8.74. The molecule has 166 valence electrons. The van der Waals surface area contributed by atoms with Gasteiger partial charge in [-0.15, -0.1) is 0 Å². The number of sulfonamides is 1. The van der Waals surface area contributed by atoms with Crippen molar-refractivity contribution in [3.8, 4) is 5.75 Å². The molecule has 0 radical (unpaired) electrons. The van der Waals surface area contributed by atoms with E-state index >= 15 is 0 Å². The molecule has 9 nitrogen and oxygen atoms in total. The van der Waals surface area contributed by atoms with Crippen molar-refractivity contribution in [2.24, 2.45) is 0 Å². The number of hydrogen-bond donors (Lipinski definition) is 1. The second-order valence-electron chi connectivity index (χ2n) is 6.88. The highest BCUT2D eigenvalue weighted by Crippen LogP contribution is 2.27. The quantitative estimate of drug-likeness (QED) is 0.408. The van der Waals surface area contributed by atoms with E-state index in [-0.39, 0.29) is 16.3 Å². The molecule has 1 N–H and O–H groups in total. The molecular formula is C22H21N3O6S. The van der Waals surface area contributed by atoms with Crippen molar-refractivity contribution in [3.05, 3.63) is 88.5 Å². The number of benzene rings is 3. The molecule has 0 bridgehead atoms. The Kier molecular flexibility index (Phi) is 6.74. The Hall–Kier alpha value is -3.92. The number of methoxy groups -OCH3 is 1. The van der Waals surface area contributed by atoms with Crippen molar-refractivity contribution in [1.29, 1.82) is 0 Å². The Morgan fingerprint density at radius 1 is 1.06 bits per heavy atom. The van der Waals surface area contributed by atoms with E-state index in [4.69, 9.17) is 4.74 Å². The number of carbonyl (C=O) groups is 1. The summed E-state index contributed by atoms with van der Waals surface area (Å²) in [7, 11) is -2.67. The SMILES string of the molecule is COc1ccc(NC(=O)CN(c2cccc([N+](=O)[O-])c2)S(=O)(=O)c2ccc(C)cc2)cc1. The molecule has 10 heteroatoms. The maximum absolute atomic E-state index is 13.4. The normalized spacial score (nSPS) is 10.9. The third kappa shape index (κ3) is 5.22. The largest absolute Gasteiger partial charge is 0.497 e. The van der Waals surface area contributed by atoms with Crippen molar-refractivity contribution >= 4 is 33.0 Å². The summed E-state index contributed by atoms with van der Waals surface area (Å²) in [6.07, 6.45) is 0. The number of nitro groups is 1. The van der Waals surface area contributed by atoms with Crippen LogP contribution >= 0.6 is 0 Å². The van der Waals surface area contributed by atoms with Gasteiger partial charge in [0.25, 0.3) is 15.7 Å². The lowest BCUT2D eigenvalue weighted by Gasteiger charge is -2.24. The highest BCUT2D eigenvalue weighted by molar-refractivity contribution is 7.92. The molecular weight excluding hydrogens is 434 g/mol. The van der Waals surface area contributed by atoms with E-state index in [0.717, 1.165) is 15.9 Å². The van der Waals surface area contributed by atoms with Gasteiger partial charge in [-0.05, 0) is 49.4 Å². The van der Waals surface area contributed by atoms with Crippen LogP contribution in [0.1, 0.15) is 5.56 Å². The Labute approximate surface area is 185 Å². The molecule has 0 saturated heterocycles. The third-order valence-electron chi connectivity index (χ3n) is 4.60. The molecule has 0 atom stereocenters. The molecule has 3 rings (SSSR count). The summed E-state index contributed by atoms with van der Waals surface area (Å²) in [5.74, 6) is -0.0134. The van der Waals surface area contributed by atoms with E-state index < -0.39 is 27.4 Å². The smallest absolute Gasteiger partial charge is 0.271 e. The molecule has 0 aliphatic carbocycles. The fourth-order valence-corrected chi connectivity index (χ4v) is 4.33. The molecule has 32 heavy (non-hydrogen) atoms. The van der Waals surface area contributed by atoms with Gasteiger partial charge >= 0.3 is 0 Å². The molecule has 3 aromatic carbocycles. The van der Waals surface area contributed by atoms with Gasteiger partial charge in [0.05, 0.1) is 22.6 Å². The summed E-state index contributed by atoms with van der Waals surface area (Å²) in [6, 6.07) is 17.8. The van der Waals surface area contributed by atoms with Gasteiger partial charge in [-0.25, -0.2) is 8.42 Å². The summed E-state index contributed by atoms with van der Waals surface area (Å²) in [5, 5.41) is 13.8. The van der Waals surface area contributed by atoms with Gasteiger partial charge in [0.2, 0.25) is 5.91 Å². The van der Waals surface area contributed by atoms with E-state index in [0.29, 0.717) is 11.4 Å². The zero-order chi connectivity index (χ0) is 23.3. The molecule has 0 heterocycles. The molecule has 1 amide bonds. The number of nitro benzene ring substituents is 1. The van der Waals surface area contributed by atoms with Crippen molar-refractivity contribution in [2.75, 3.05) is 23.3 Å². The van der Waals surface area contributed by atoms with E-state index in [9.17, 15) is 23.3 Å². The summed E-state index contributed by atoms with van der Waals surface area (Å²) >= 11 is 0. The molecule has 0 aromatic heterocycles. The van der Waals surface area contributed by atoms with E-state index in [1.165, 1.54) is 37.4 Å². The average Bonchev–Trinajstić information content (AvgIpc) is 2.78. The maximum atomic E-state index is 13.4. The van der Waals surface area contributed by atoms with Gasteiger partial charge < -0.3 is 10.1 Å². The van der Waals surface area contributed by atoms with Gasteiger partial charge in [-0.3, -0.25) is 19.2 Å². The molecule has 0 aliphatic rings. The van der Waals surface area contributed by atoms with Gasteiger partial charge in [-0.2, -0.15) is 0 Å². The predicted molar refractivity (Wildman–Crippen MR) is 120 cm³/mol. The minimum absolute atomic E-state index is 0.00431. The van der Waals surface area contributed by atoms with Crippen LogP contribution < -0.4 is 14.4 Å². The number of hydrogen-bond acceptors (Lipinski definition) is 6. The predicted octanol–water partition coefficient (Wildman–Crippen LogP) is 3.75. The van der Waals surface area contributed by atoms with Crippen LogP contribution in [0.5, 0.6) is 5.75 Å². The first-order valence-corrected chi connectivity index (χ1v) is 10.9. The Bertz CT molecular complexity index is 1230. The first kappa shape index (κ1) is 22.8. The lowest BCUT2D eigenvalue weighted by atomic mass is 10.2. The number of amides is 1. The number of carbonyl (C=O) groups excluding carboxylic acids is 1. The van der Waals surface area contributed by atoms with E-state index in [1.807, 2.05) is 6.92 Å². The van der Waals surface area contributed by atoms with Crippen LogP contribution in [0.25, 0.3) is 0 Å². The van der Waals surface area contributed by atoms with Crippen molar-refractivity contribution in [2.45, 2.75) is 11.8 Å². The Morgan fingerprint density at radius 2 is 1.72 bits per heavy atom. The first-order chi connectivity index (χ1) is 15.2.